The van der Waals surface area contributed by atoms with Crippen LogP contribution in [0.15, 0.2) is 66.2 Å². The summed E-state index contributed by atoms with van der Waals surface area (Å²) in [5, 5.41) is 21.5. The topological polar surface area (TPSA) is 87.1 Å². The number of Topliss-reactive ketones (excluding diaryl/α,β-unsaturated/α-hetero) is 1. The number of phenolic OH excluding ortho intramolecular Hbond substituents is 1. The number of rotatable bonds is 7. The fraction of sp³-hybridized carbons (Fsp3) is 0.241. The number of aromatic hydroxyl groups is 1. The van der Waals surface area contributed by atoms with E-state index < -0.39 is 17.7 Å². The minimum absolute atomic E-state index is 0.0319. The number of likely N-dealkylation sites (tertiary alicyclic amines) is 1. The number of ketones is 1. The minimum Gasteiger partial charge on any atom is -0.507 e. The first-order valence-corrected chi connectivity index (χ1v) is 11.8. The van der Waals surface area contributed by atoms with E-state index in [4.69, 9.17) is 4.74 Å². The van der Waals surface area contributed by atoms with Crippen LogP contribution in [0.1, 0.15) is 40.8 Å². The molecule has 0 spiro atoms. The van der Waals surface area contributed by atoms with Gasteiger partial charge in [-0.25, -0.2) is 4.39 Å². The maximum absolute atomic E-state index is 13.3. The Hall–Kier alpha value is -4.13. The fourth-order valence-corrected chi connectivity index (χ4v) is 4.37. The van der Waals surface area contributed by atoms with E-state index in [0.29, 0.717) is 24.2 Å². The van der Waals surface area contributed by atoms with Gasteiger partial charge in [-0.3, -0.25) is 9.59 Å². The van der Waals surface area contributed by atoms with Crippen molar-refractivity contribution in [3.8, 4) is 11.5 Å². The molecule has 1 unspecified atom stereocenters. The van der Waals surface area contributed by atoms with Crippen molar-refractivity contribution < 1.29 is 28.9 Å². The van der Waals surface area contributed by atoms with Crippen molar-refractivity contribution in [1.29, 1.82) is 0 Å². The molecule has 0 bridgehead atoms. The van der Waals surface area contributed by atoms with Crippen LogP contribution in [0.4, 0.5) is 4.39 Å². The Balaban J connectivity index is 1.82. The first kappa shape index (κ1) is 25.0. The highest BCUT2D eigenvalue weighted by atomic mass is 19.1. The van der Waals surface area contributed by atoms with E-state index in [9.17, 15) is 24.2 Å². The van der Waals surface area contributed by atoms with Gasteiger partial charge >= 0.3 is 0 Å². The molecule has 3 aromatic rings. The van der Waals surface area contributed by atoms with Crippen molar-refractivity contribution in [1.82, 2.24) is 4.90 Å². The lowest BCUT2D eigenvalue weighted by Gasteiger charge is -2.26. The average molecular weight is 490 g/mol. The molecule has 4 rings (SSSR count). The molecule has 1 amide bonds. The number of carbonyl (C=O) groups is 2. The predicted octanol–water partition coefficient (Wildman–Crippen LogP) is 5.21. The molecule has 36 heavy (non-hydrogen) atoms. The highest BCUT2D eigenvalue weighted by Gasteiger charge is 2.46. The van der Waals surface area contributed by atoms with Gasteiger partial charge in [0, 0.05) is 12.1 Å². The number of carbonyl (C=O) groups excluding carboxylic acids is 2. The molecular weight excluding hydrogens is 461 g/mol. The van der Waals surface area contributed by atoms with Gasteiger partial charge in [0.15, 0.2) is 11.5 Å². The molecule has 0 radical (unpaired) electrons. The molecule has 2 N–H and O–H groups in total. The zero-order valence-electron chi connectivity index (χ0n) is 20.4. The number of hydrogen-bond acceptors (Lipinski definition) is 5. The van der Waals surface area contributed by atoms with E-state index in [-0.39, 0.29) is 35.2 Å². The van der Waals surface area contributed by atoms with Gasteiger partial charge in [0.2, 0.25) is 0 Å². The number of ether oxygens (including phenoxy) is 1. The number of halogens is 1. The standard InChI is InChI=1S/C29H28FNO5/c1-4-36-24-16-20(9-12-23(24)32)26-25(27(33)21-8-5-17(2)18(3)15-21)28(34)29(35)31(26)14-13-19-6-10-22(30)11-7-19/h5-12,15-16,26,32-33H,4,13-14H2,1-3H3/b27-25-. The van der Waals surface area contributed by atoms with Gasteiger partial charge in [0.1, 0.15) is 11.6 Å². The third-order valence-corrected chi connectivity index (χ3v) is 6.47. The highest BCUT2D eigenvalue weighted by molar-refractivity contribution is 6.46. The Bertz CT molecular complexity index is 1350. The highest BCUT2D eigenvalue weighted by Crippen LogP contribution is 2.42. The maximum Gasteiger partial charge on any atom is 0.295 e. The van der Waals surface area contributed by atoms with Crippen molar-refractivity contribution in [2.24, 2.45) is 0 Å². The zero-order valence-corrected chi connectivity index (χ0v) is 20.4. The van der Waals surface area contributed by atoms with Crippen LogP contribution in [-0.2, 0) is 16.0 Å². The van der Waals surface area contributed by atoms with Crippen LogP contribution in [0, 0.1) is 19.7 Å². The summed E-state index contributed by atoms with van der Waals surface area (Å²) < 4.78 is 18.9. The van der Waals surface area contributed by atoms with Crippen molar-refractivity contribution >= 4 is 17.4 Å². The van der Waals surface area contributed by atoms with Crippen LogP contribution >= 0.6 is 0 Å². The third-order valence-electron chi connectivity index (χ3n) is 6.47. The molecule has 0 aromatic heterocycles. The van der Waals surface area contributed by atoms with Gasteiger partial charge in [-0.2, -0.15) is 0 Å². The quantitative estimate of drug-likeness (QED) is 0.270. The molecular formula is C29H28FNO5. The summed E-state index contributed by atoms with van der Waals surface area (Å²) in [6.07, 6.45) is 0.379. The fourth-order valence-electron chi connectivity index (χ4n) is 4.37. The number of benzene rings is 3. The smallest absolute Gasteiger partial charge is 0.295 e. The first-order valence-electron chi connectivity index (χ1n) is 11.8. The van der Waals surface area contributed by atoms with E-state index in [0.717, 1.165) is 16.7 Å². The number of aliphatic hydroxyl groups excluding tert-OH is 1. The summed E-state index contributed by atoms with van der Waals surface area (Å²) in [7, 11) is 0. The molecule has 0 aliphatic carbocycles. The van der Waals surface area contributed by atoms with Crippen molar-refractivity contribution in [3.63, 3.8) is 0 Å². The van der Waals surface area contributed by atoms with Crippen LogP contribution in [0.3, 0.4) is 0 Å². The van der Waals surface area contributed by atoms with Crippen molar-refractivity contribution in [2.45, 2.75) is 33.2 Å². The molecule has 1 aliphatic heterocycles. The first-order chi connectivity index (χ1) is 17.2. The Kier molecular flexibility index (Phi) is 7.10. The summed E-state index contributed by atoms with van der Waals surface area (Å²) >= 11 is 0. The van der Waals surface area contributed by atoms with Gasteiger partial charge in [-0.05, 0) is 79.8 Å². The number of nitrogens with zero attached hydrogens (tertiary/aromatic N) is 1. The van der Waals surface area contributed by atoms with Crippen LogP contribution in [0.5, 0.6) is 11.5 Å². The van der Waals surface area contributed by atoms with Gasteiger partial charge in [0.25, 0.3) is 11.7 Å². The SMILES string of the molecule is CCOc1cc(C2/C(=C(/O)c3ccc(C)c(C)c3)C(=O)C(=O)N2CCc2ccc(F)cc2)ccc1O. The molecule has 1 atom stereocenters. The van der Waals surface area contributed by atoms with Gasteiger partial charge in [-0.15, -0.1) is 0 Å². The third kappa shape index (κ3) is 4.82. The van der Waals surface area contributed by atoms with Crippen LogP contribution in [0.25, 0.3) is 5.76 Å². The molecule has 1 fully saturated rings. The summed E-state index contributed by atoms with van der Waals surface area (Å²) in [4.78, 5) is 27.9. The number of amides is 1. The van der Waals surface area contributed by atoms with Gasteiger partial charge < -0.3 is 19.8 Å². The van der Waals surface area contributed by atoms with E-state index in [1.54, 1.807) is 43.3 Å². The summed E-state index contributed by atoms with van der Waals surface area (Å²) in [6, 6.07) is 15.0. The number of aliphatic hydroxyl groups is 1. The predicted molar refractivity (Wildman–Crippen MR) is 134 cm³/mol. The Labute approximate surface area is 209 Å². The molecule has 1 saturated heterocycles. The summed E-state index contributed by atoms with van der Waals surface area (Å²) in [5.74, 6) is -2.01. The van der Waals surface area contributed by atoms with E-state index in [1.165, 1.54) is 23.1 Å². The number of hydrogen-bond donors (Lipinski definition) is 2. The van der Waals surface area contributed by atoms with Crippen molar-refractivity contribution in [2.75, 3.05) is 13.2 Å². The zero-order chi connectivity index (χ0) is 26.0. The van der Waals surface area contributed by atoms with Crippen LogP contribution < -0.4 is 4.74 Å². The van der Waals surface area contributed by atoms with Crippen LogP contribution in [-0.4, -0.2) is 40.0 Å². The van der Waals surface area contributed by atoms with Crippen LogP contribution in [0.2, 0.25) is 0 Å². The van der Waals surface area contributed by atoms with E-state index in [1.807, 2.05) is 19.9 Å². The second-order valence-corrected chi connectivity index (χ2v) is 8.83. The molecule has 0 saturated carbocycles. The Morgan fingerprint density at radius 3 is 2.39 bits per heavy atom. The average Bonchev–Trinajstić information content (AvgIpc) is 3.11. The largest absolute Gasteiger partial charge is 0.507 e. The molecule has 1 heterocycles. The normalized spacial score (nSPS) is 17.0. The summed E-state index contributed by atoms with van der Waals surface area (Å²) in [6.45, 7) is 6.10. The minimum atomic E-state index is -0.896. The molecule has 7 heteroatoms. The second kappa shape index (κ2) is 10.2. The molecule has 186 valence electrons. The Morgan fingerprint density at radius 1 is 1.00 bits per heavy atom. The maximum atomic E-state index is 13.3. The van der Waals surface area contributed by atoms with Gasteiger partial charge in [-0.1, -0.05) is 30.3 Å². The van der Waals surface area contributed by atoms with E-state index >= 15 is 0 Å². The van der Waals surface area contributed by atoms with Crippen molar-refractivity contribution in [3.05, 3.63) is 99.9 Å². The lowest BCUT2D eigenvalue weighted by molar-refractivity contribution is -0.139. The van der Waals surface area contributed by atoms with E-state index in [2.05, 4.69) is 0 Å². The summed E-state index contributed by atoms with van der Waals surface area (Å²) in [5.41, 5.74) is 3.68. The second-order valence-electron chi connectivity index (χ2n) is 8.83. The molecule has 3 aromatic carbocycles. The Morgan fingerprint density at radius 2 is 1.72 bits per heavy atom. The lowest BCUT2D eigenvalue weighted by atomic mass is 9.94. The number of phenols is 1. The lowest BCUT2D eigenvalue weighted by Crippen LogP contribution is -2.31. The number of aryl methyl sites for hydroxylation is 2. The molecule has 6 nitrogen and oxygen atoms in total. The molecule has 1 aliphatic rings. The van der Waals surface area contributed by atoms with Gasteiger partial charge in [0.05, 0.1) is 18.2 Å². The monoisotopic (exact) mass is 489 g/mol.